The van der Waals surface area contributed by atoms with Crippen LogP contribution in [0.3, 0.4) is 0 Å². The van der Waals surface area contributed by atoms with Crippen LogP contribution in [0.4, 0.5) is 11.4 Å². The number of nitro benzene ring substituents is 1. The van der Waals surface area contributed by atoms with Gasteiger partial charge in [0.25, 0.3) is 5.69 Å². The molecule has 0 aliphatic carbocycles. The number of non-ortho nitro benzene ring substituents is 1. The van der Waals surface area contributed by atoms with Gasteiger partial charge >= 0.3 is 0 Å². The van der Waals surface area contributed by atoms with Crippen molar-refractivity contribution >= 4 is 23.4 Å². The minimum absolute atomic E-state index is 0.00851. The van der Waals surface area contributed by atoms with Gasteiger partial charge in [0.1, 0.15) is 5.75 Å². The van der Waals surface area contributed by atoms with Crippen molar-refractivity contribution < 1.29 is 14.8 Å². The van der Waals surface area contributed by atoms with Crippen LogP contribution in [0.25, 0.3) is 6.08 Å². The Morgan fingerprint density at radius 2 is 1.81 bits per heavy atom. The van der Waals surface area contributed by atoms with Crippen molar-refractivity contribution in [3.05, 3.63) is 70.3 Å². The van der Waals surface area contributed by atoms with Gasteiger partial charge in [0, 0.05) is 18.2 Å². The molecular weight excluding hydrogens is 272 g/mol. The molecule has 2 aromatic rings. The summed E-state index contributed by atoms with van der Waals surface area (Å²) >= 11 is 0. The summed E-state index contributed by atoms with van der Waals surface area (Å²) < 4.78 is 0. The molecule has 0 unspecified atom stereocenters. The Balaban J connectivity index is 2.02. The molecule has 2 aromatic carbocycles. The number of nitrogens with zero attached hydrogens (tertiary/aromatic N) is 1. The SMILES string of the molecule is O=C(/C=C/c1ccc([N+](=O)[O-])cc1)Nc1ccccc1O. The average Bonchev–Trinajstić information content (AvgIpc) is 2.48. The van der Waals surface area contributed by atoms with Crippen LogP contribution in [0.5, 0.6) is 5.75 Å². The molecule has 0 aliphatic heterocycles. The Bertz CT molecular complexity index is 693. The first kappa shape index (κ1) is 14.3. The quantitative estimate of drug-likeness (QED) is 0.390. The van der Waals surface area contributed by atoms with Crippen molar-refractivity contribution in [1.29, 1.82) is 0 Å². The highest BCUT2D eigenvalue weighted by molar-refractivity contribution is 6.02. The van der Waals surface area contributed by atoms with Crippen LogP contribution < -0.4 is 5.32 Å². The smallest absolute Gasteiger partial charge is 0.269 e. The second-order valence-corrected chi connectivity index (χ2v) is 4.19. The fraction of sp³-hybridized carbons (Fsp3) is 0. The molecule has 6 nitrogen and oxygen atoms in total. The molecule has 0 atom stereocenters. The van der Waals surface area contributed by atoms with E-state index in [1.165, 1.54) is 30.4 Å². The van der Waals surface area contributed by atoms with E-state index in [9.17, 15) is 20.0 Å². The van der Waals surface area contributed by atoms with Gasteiger partial charge in [-0.2, -0.15) is 0 Å². The van der Waals surface area contributed by atoms with Gasteiger partial charge in [-0.05, 0) is 35.9 Å². The molecule has 0 radical (unpaired) electrons. The van der Waals surface area contributed by atoms with Gasteiger partial charge in [0.2, 0.25) is 5.91 Å². The molecule has 21 heavy (non-hydrogen) atoms. The molecule has 106 valence electrons. The lowest BCUT2D eigenvalue weighted by Gasteiger charge is -2.03. The number of aromatic hydroxyl groups is 1. The molecule has 0 aromatic heterocycles. The minimum Gasteiger partial charge on any atom is -0.506 e. The van der Waals surface area contributed by atoms with Crippen LogP contribution in [-0.4, -0.2) is 15.9 Å². The number of hydrogen-bond donors (Lipinski definition) is 2. The standard InChI is InChI=1S/C15H12N2O4/c18-14-4-2-1-3-13(14)16-15(19)10-7-11-5-8-12(9-6-11)17(20)21/h1-10,18H,(H,16,19)/b10-7+. The van der Waals surface area contributed by atoms with Crippen LogP contribution in [0.15, 0.2) is 54.6 Å². The summed E-state index contributed by atoms with van der Waals surface area (Å²) in [5.41, 5.74) is 0.967. The molecule has 2 N–H and O–H groups in total. The van der Waals surface area contributed by atoms with Gasteiger partial charge in [0.05, 0.1) is 10.6 Å². The number of amides is 1. The third kappa shape index (κ3) is 3.90. The van der Waals surface area contributed by atoms with E-state index in [0.717, 1.165) is 0 Å². The summed E-state index contributed by atoms with van der Waals surface area (Å²) in [5.74, 6) is -0.426. The second kappa shape index (κ2) is 6.33. The van der Waals surface area contributed by atoms with E-state index in [2.05, 4.69) is 5.32 Å². The molecule has 0 heterocycles. The highest BCUT2D eigenvalue weighted by Gasteiger charge is 2.04. The van der Waals surface area contributed by atoms with Gasteiger partial charge in [-0.15, -0.1) is 0 Å². The summed E-state index contributed by atoms with van der Waals surface area (Å²) in [6, 6.07) is 12.2. The first-order valence-corrected chi connectivity index (χ1v) is 6.08. The highest BCUT2D eigenvalue weighted by Crippen LogP contribution is 2.21. The zero-order chi connectivity index (χ0) is 15.2. The monoisotopic (exact) mass is 284 g/mol. The number of para-hydroxylation sites is 2. The van der Waals surface area contributed by atoms with E-state index in [1.54, 1.807) is 30.3 Å². The van der Waals surface area contributed by atoms with Crippen molar-refractivity contribution in [2.24, 2.45) is 0 Å². The summed E-state index contributed by atoms with van der Waals surface area (Å²) in [7, 11) is 0. The van der Waals surface area contributed by atoms with E-state index >= 15 is 0 Å². The van der Waals surface area contributed by atoms with Gasteiger partial charge in [-0.3, -0.25) is 14.9 Å². The largest absolute Gasteiger partial charge is 0.506 e. The number of carbonyl (C=O) groups is 1. The first-order valence-electron chi connectivity index (χ1n) is 6.08. The molecule has 0 fully saturated rings. The molecule has 2 rings (SSSR count). The number of phenols is 1. The third-order valence-corrected chi connectivity index (χ3v) is 2.69. The maximum absolute atomic E-state index is 11.7. The Morgan fingerprint density at radius 1 is 1.14 bits per heavy atom. The summed E-state index contributed by atoms with van der Waals surface area (Å²) in [6.45, 7) is 0. The van der Waals surface area contributed by atoms with Crippen molar-refractivity contribution in [3.63, 3.8) is 0 Å². The number of anilines is 1. The fourth-order valence-corrected chi connectivity index (χ4v) is 1.63. The number of rotatable bonds is 4. The molecule has 0 bridgehead atoms. The van der Waals surface area contributed by atoms with Crippen LogP contribution in [0.2, 0.25) is 0 Å². The van der Waals surface area contributed by atoms with Crippen LogP contribution in [0.1, 0.15) is 5.56 Å². The number of phenolic OH excluding ortho intramolecular Hbond substituents is 1. The molecule has 0 saturated heterocycles. The summed E-state index contributed by atoms with van der Waals surface area (Å²) in [4.78, 5) is 21.7. The van der Waals surface area contributed by atoms with E-state index in [1.807, 2.05) is 0 Å². The van der Waals surface area contributed by atoms with Gasteiger partial charge in [-0.25, -0.2) is 0 Å². The molecule has 6 heteroatoms. The second-order valence-electron chi connectivity index (χ2n) is 4.19. The molecular formula is C15H12N2O4. The maximum atomic E-state index is 11.7. The van der Waals surface area contributed by atoms with E-state index < -0.39 is 10.8 Å². The van der Waals surface area contributed by atoms with Gasteiger partial charge in [0.15, 0.2) is 0 Å². The Labute approximate surface area is 120 Å². The highest BCUT2D eigenvalue weighted by atomic mass is 16.6. The van der Waals surface area contributed by atoms with Crippen molar-refractivity contribution in [1.82, 2.24) is 0 Å². The van der Waals surface area contributed by atoms with Gasteiger partial charge in [-0.1, -0.05) is 12.1 Å². The van der Waals surface area contributed by atoms with E-state index in [0.29, 0.717) is 11.3 Å². The Hall–Kier alpha value is -3.15. The molecule has 1 amide bonds. The predicted octanol–water partition coefficient (Wildman–Crippen LogP) is 2.95. The minimum atomic E-state index is -0.488. The number of nitrogens with one attached hydrogen (secondary N) is 1. The van der Waals surface area contributed by atoms with Crippen LogP contribution in [-0.2, 0) is 4.79 Å². The Morgan fingerprint density at radius 3 is 2.43 bits per heavy atom. The van der Waals surface area contributed by atoms with Crippen molar-refractivity contribution in [2.75, 3.05) is 5.32 Å². The van der Waals surface area contributed by atoms with Crippen LogP contribution >= 0.6 is 0 Å². The number of nitro groups is 1. The molecule has 0 saturated carbocycles. The topological polar surface area (TPSA) is 92.5 Å². The summed E-state index contributed by atoms with van der Waals surface area (Å²) in [6.07, 6.45) is 2.81. The maximum Gasteiger partial charge on any atom is 0.269 e. The lowest BCUT2D eigenvalue weighted by Crippen LogP contribution is -2.07. The lowest BCUT2D eigenvalue weighted by atomic mass is 10.2. The van der Waals surface area contributed by atoms with E-state index in [-0.39, 0.29) is 11.4 Å². The zero-order valence-corrected chi connectivity index (χ0v) is 10.9. The fourth-order valence-electron chi connectivity index (χ4n) is 1.63. The number of hydrogen-bond acceptors (Lipinski definition) is 4. The third-order valence-electron chi connectivity index (χ3n) is 2.69. The Kier molecular flexibility index (Phi) is 4.30. The predicted molar refractivity (Wildman–Crippen MR) is 78.9 cm³/mol. The molecule has 0 aliphatic rings. The normalized spacial score (nSPS) is 10.5. The van der Waals surface area contributed by atoms with E-state index in [4.69, 9.17) is 0 Å². The first-order chi connectivity index (χ1) is 10.1. The van der Waals surface area contributed by atoms with Crippen LogP contribution in [0, 0.1) is 10.1 Å². The summed E-state index contributed by atoms with van der Waals surface area (Å²) in [5, 5.41) is 22.6. The number of benzene rings is 2. The molecule has 0 spiro atoms. The average molecular weight is 284 g/mol. The zero-order valence-electron chi connectivity index (χ0n) is 10.9. The van der Waals surface area contributed by atoms with Gasteiger partial charge < -0.3 is 10.4 Å². The lowest BCUT2D eigenvalue weighted by molar-refractivity contribution is -0.384. The van der Waals surface area contributed by atoms with Crippen molar-refractivity contribution in [2.45, 2.75) is 0 Å². The van der Waals surface area contributed by atoms with Crippen molar-refractivity contribution in [3.8, 4) is 5.75 Å². The number of carbonyl (C=O) groups excluding carboxylic acids is 1.